The fourth-order valence-corrected chi connectivity index (χ4v) is 2.89. The van der Waals surface area contributed by atoms with Crippen LogP contribution in [0.1, 0.15) is 22.3 Å². The van der Waals surface area contributed by atoms with Gasteiger partial charge in [-0.15, -0.1) is 0 Å². The lowest BCUT2D eigenvalue weighted by Crippen LogP contribution is -2.15. The van der Waals surface area contributed by atoms with Gasteiger partial charge >= 0.3 is 0 Å². The molecule has 0 aliphatic heterocycles. The van der Waals surface area contributed by atoms with E-state index >= 15 is 0 Å². The Kier molecular flexibility index (Phi) is 5.94. The minimum atomic E-state index is 0.607. The Bertz CT molecular complexity index is 1010. The molecule has 0 amide bonds. The van der Waals surface area contributed by atoms with Crippen molar-refractivity contribution in [1.29, 1.82) is 0 Å². The Labute approximate surface area is 169 Å². The van der Waals surface area contributed by atoms with E-state index < -0.39 is 0 Å². The molecule has 0 radical (unpaired) electrons. The van der Waals surface area contributed by atoms with Gasteiger partial charge in [0.2, 0.25) is 0 Å². The molecule has 0 saturated carbocycles. The maximum Gasteiger partial charge on any atom is 0.138 e. The monoisotopic (exact) mass is 395 g/mol. The van der Waals surface area contributed by atoms with E-state index in [1.807, 2.05) is 62.4 Å². The first-order valence-corrected chi connectivity index (χ1v) is 9.17. The topological polar surface area (TPSA) is 37.3 Å². The zero-order valence-electron chi connectivity index (χ0n) is 15.1. The maximum atomic E-state index is 6.23. The zero-order valence-corrected chi connectivity index (χ0v) is 16.6. The molecule has 0 aliphatic rings. The summed E-state index contributed by atoms with van der Waals surface area (Å²) < 4.78 is 0. The third-order valence-corrected chi connectivity index (χ3v) is 4.78. The molecule has 0 aliphatic carbocycles. The van der Waals surface area contributed by atoms with Crippen molar-refractivity contribution in [3.05, 3.63) is 99.8 Å². The first-order valence-electron chi connectivity index (χ1n) is 8.42. The van der Waals surface area contributed by atoms with E-state index in [9.17, 15) is 0 Å². The van der Waals surface area contributed by atoms with E-state index in [4.69, 9.17) is 28.2 Å². The molecule has 5 heteroatoms. The second-order valence-corrected chi connectivity index (χ2v) is 7.04. The molecule has 1 heterocycles. The molecule has 0 fully saturated rings. The molecular weight excluding hydrogens is 377 g/mol. The number of benzene rings is 2. The van der Waals surface area contributed by atoms with Gasteiger partial charge in [0.25, 0.3) is 0 Å². The highest BCUT2D eigenvalue weighted by Gasteiger charge is 2.11. The molecule has 0 atom stereocenters. The highest BCUT2D eigenvalue weighted by atomic mass is 35.5. The van der Waals surface area contributed by atoms with Crippen LogP contribution in [0.4, 0.5) is 5.69 Å². The molecule has 2 aromatic carbocycles. The fourth-order valence-electron chi connectivity index (χ4n) is 2.60. The predicted octanol–water partition coefficient (Wildman–Crippen LogP) is 6.53. The molecule has 27 heavy (non-hydrogen) atoms. The smallest absolute Gasteiger partial charge is 0.138 e. The van der Waals surface area contributed by atoms with Gasteiger partial charge in [0.05, 0.1) is 5.70 Å². The minimum absolute atomic E-state index is 0.607. The number of nitrogens with one attached hydrogen (secondary N) is 1. The Morgan fingerprint density at radius 2 is 1.85 bits per heavy atom. The van der Waals surface area contributed by atoms with Crippen molar-refractivity contribution in [2.24, 2.45) is 4.99 Å². The van der Waals surface area contributed by atoms with Crippen molar-refractivity contribution >= 4 is 40.4 Å². The summed E-state index contributed by atoms with van der Waals surface area (Å²) in [7, 11) is 0. The fraction of sp³-hybridized carbons (Fsp3) is 0.0909. The summed E-state index contributed by atoms with van der Waals surface area (Å²) in [5.74, 6) is 0.658. The number of amidine groups is 1. The summed E-state index contributed by atoms with van der Waals surface area (Å²) >= 11 is 12.4. The molecular formula is C22H19Cl2N3. The highest BCUT2D eigenvalue weighted by Crippen LogP contribution is 2.23. The number of hydrogen-bond acceptors (Lipinski definition) is 2. The van der Waals surface area contributed by atoms with Crippen molar-refractivity contribution in [1.82, 2.24) is 4.98 Å². The van der Waals surface area contributed by atoms with Gasteiger partial charge in [-0.25, -0.2) is 4.99 Å². The number of anilines is 1. The third-order valence-electron chi connectivity index (χ3n) is 4.12. The van der Waals surface area contributed by atoms with Crippen molar-refractivity contribution in [2.75, 3.05) is 5.32 Å². The Morgan fingerprint density at radius 3 is 2.56 bits per heavy atom. The summed E-state index contributed by atoms with van der Waals surface area (Å²) in [6.07, 6.45) is 3.46. The van der Waals surface area contributed by atoms with E-state index in [2.05, 4.69) is 16.9 Å². The largest absolute Gasteiger partial charge is 0.340 e. The second kappa shape index (κ2) is 8.38. The third kappa shape index (κ3) is 4.76. The molecule has 0 spiro atoms. The van der Waals surface area contributed by atoms with Crippen LogP contribution in [0, 0.1) is 13.8 Å². The van der Waals surface area contributed by atoms with E-state index in [1.165, 1.54) is 0 Å². The number of halogens is 2. The predicted molar refractivity (Wildman–Crippen MR) is 116 cm³/mol. The molecule has 0 saturated heterocycles. The number of aromatic nitrogens is 1. The highest BCUT2D eigenvalue weighted by molar-refractivity contribution is 6.31. The van der Waals surface area contributed by atoms with E-state index in [1.54, 1.807) is 12.4 Å². The van der Waals surface area contributed by atoms with Crippen LogP contribution in [0.3, 0.4) is 0 Å². The Balaban J connectivity index is 2.05. The lowest BCUT2D eigenvalue weighted by molar-refractivity contribution is 1.30. The summed E-state index contributed by atoms with van der Waals surface area (Å²) in [5, 5.41) is 4.75. The van der Waals surface area contributed by atoms with Crippen LogP contribution >= 0.6 is 23.2 Å². The van der Waals surface area contributed by atoms with Crippen LogP contribution in [-0.2, 0) is 0 Å². The first kappa shape index (κ1) is 19.2. The number of aliphatic imine (C=N–C) groups is 1. The minimum Gasteiger partial charge on any atom is -0.340 e. The van der Waals surface area contributed by atoms with E-state index in [0.717, 1.165) is 33.0 Å². The molecule has 3 aromatic rings. The number of nitrogens with zero attached hydrogens (tertiary/aromatic N) is 2. The maximum absolute atomic E-state index is 6.23. The SMILES string of the molecule is C=C(/N=C(/Nc1ccc(Cl)c(C)c1)c1cc(Cl)ccc1C)c1cccnc1. The van der Waals surface area contributed by atoms with Crippen molar-refractivity contribution in [3.63, 3.8) is 0 Å². The average molecular weight is 396 g/mol. The van der Waals surface area contributed by atoms with Gasteiger partial charge in [0.1, 0.15) is 5.84 Å². The summed E-state index contributed by atoms with van der Waals surface area (Å²) in [6.45, 7) is 8.07. The molecule has 1 N–H and O–H groups in total. The normalized spacial score (nSPS) is 11.3. The second-order valence-electron chi connectivity index (χ2n) is 6.20. The molecule has 1 aromatic heterocycles. The first-order chi connectivity index (χ1) is 12.9. The number of pyridine rings is 1. The lowest BCUT2D eigenvalue weighted by atomic mass is 10.1. The van der Waals surface area contributed by atoms with Gasteiger partial charge in [0, 0.05) is 39.3 Å². The van der Waals surface area contributed by atoms with Crippen molar-refractivity contribution in [2.45, 2.75) is 13.8 Å². The van der Waals surface area contributed by atoms with Gasteiger partial charge in [0.15, 0.2) is 0 Å². The Morgan fingerprint density at radius 1 is 1.04 bits per heavy atom. The van der Waals surface area contributed by atoms with Crippen LogP contribution in [0.2, 0.25) is 10.0 Å². The number of hydrogen-bond donors (Lipinski definition) is 1. The van der Waals surface area contributed by atoms with Gasteiger partial charge in [-0.1, -0.05) is 35.8 Å². The summed E-state index contributed by atoms with van der Waals surface area (Å²) in [5.41, 5.74) is 5.28. The summed E-state index contributed by atoms with van der Waals surface area (Å²) in [4.78, 5) is 8.88. The van der Waals surface area contributed by atoms with E-state index in [0.29, 0.717) is 16.6 Å². The van der Waals surface area contributed by atoms with Crippen LogP contribution < -0.4 is 5.32 Å². The quantitative estimate of drug-likeness (QED) is 0.402. The standard InChI is InChI=1S/C22H19Cl2N3/c1-14-6-7-18(23)12-20(14)22(26-16(3)17-5-4-10-25-13-17)27-19-8-9-21(24)15(2)11-19/h4-13H,3H2,1-2H3,(H,26,27). The van der Waals surface area contributed by atoms with Gasteiger partial charge in [-0.3, -0.25) is 4.98 Å². The molecule has 0 unspecified atom stereocenters. The van der Waals surface area contributed by atoms with Gasteiger partial charge in [-0.2, -0.15) is 0 Å². The molecule has 3 nitrogen and oxygen atoms in total. The molecule has 3 rings (SSSR count). The van der Waals surface area contributed by atoms with Gasteiger partial charge < -0.3 is 5.32 Å². The summed E-state index contributed by atoms with van der Waals surface area (Å²) in [6, 6.07) is 15.3. The van der Waals surface area contributed by atoms with Crippen LogP contribution in [0.5, 0.6) is 0 Å². The average Bonchev–Trinajstić information content (AvgIpc) is 2.67. The van der Waals surface area contributed by atoms with Crippen LogP contribution in [0.15, 0.2) is 72.5 Å². The van der Waals surface area contributed by atoms with Crippen molar-refractivity contribution in [3.8, 4) is 0 Å². The van der Waals surface area contributed by atoms with Crippen molar-refractivity contribution < 1.29 is 0 Å². The van der Waals surface area contributed by atoms with Crippen LogP contribution in [-0.4, -0.2) is 10.8 Å². The molecule has 0 bridgehead atoms. The zero-order chi connectivity index (χ0) is 19.4. The van der Waals surface area contributed by atoms with E-state index in [-0.39, 0.29) is 0 Å². The Hall–Kier alpha value is -2.62. The van der Waals surface area contributed by atoms with Gasteiger partial charge in [-0.05, 0) is 67.4 Å². The number of rotatable bonds is 4. The van der Waals surface area contributed by atoms with Crippen LogP contribution in [0.25, 0.3) is 5.70 Å². The number of aryl methyl sites for hydroxylation is 2. The molecule has 136 valence electrons. The lowest BCUT2D eigenvalue weighted by Gasteiger charge is -2.15.